The molecule has 1 aliphatic rings. The van der Waals surface area contributed by atoms with Gasteiger partial charge in [-0.2, -0.15) is 0 Å². The minimum Gasteiger partial charge on any atom is -0.298 e. The highest BCUT2D eigenvalue weighted by Gasteiger charge is 2.32. The summed E-state index contributed by atoms with van der Waals surface area (Å²) in [5.74, 6) is 0.00651. The van der Waals surface area contributed by atoms with Gasteiger partial charge in [0, 0.05) is 30.9 Å². The fourth-order valence-electron chi connectivity index (χ4n) is 3.26. The van der Waals surface area contributed by atoms with Gasteiger partial charge < -0.3 is 0 Å². The van der Waals surface area contributed by atoms with Crippen LogP contribution in [0.15, 0.2) is 24.1 Å². The molecule has 0 aromatic carbocycles. The van der Waals surface area contributed by atoms with Gasteiger partial charge in [0.25, 0.3) is 5.91 Å². The van der Waals surface area contributed by atoms with Crippen molar-refractivity contribution >= 4 is 32.4 Å². The molecular weight excluding hydrogens is 398 g/mol. The lowest BCUT2D eigenvalue weighted by atomic mass is 9.92. The largest absolute Gasteiger partial charge is 0.298 e. The fraction of sp³-hybridized carbons (Fsp3) is 0.556. The Morgan fingerprint density at radius 1 is 1.36 bits per heavy atom. The van der Waals surface area contributed by atoms with Crippen molar-refractivity contribution in [1.82, 2.24) is 19.3 Å². The average Bonchev–Trinajstić information content (AvgIpc) is 3.21. The number of nitrogens with zero attached hydrogens (tertiary/aromatic N) is 4. The molecule has 1 amide bonds. The van der Waals surface area contributed by atoms with Crippen LogP contribution >= 0.6 is 11.3 Å². The Kier molecular flexibility index (Phi) is 6.73. The summed E-state index contributed by atoms with van der Waals surface area (Å²) >= 11 is 1.35. The number of hydrogen-bond acceptors (Lipinski definition) is 7. The molecule has 28 heavy (non-hydrogen) atoms. The van der Waals surface area contributed by atoms with E-state index >= 15 is 0 Å². The third-order valence-corrected chi connectivity index (χ3v) is 8.31. The summed E-state index contributed by atoms with van der Waals surface area (Å²) in [6.07, 6.45) is 7.34. The van der Waals surface area contributed by atoms with Crippen molar-refractivity contribution in [2.24, 2.45) is 5.92 Å². The van der Waals surface area contributed by atoms with Crippen molar-refractivity contribution in [3.05, 3.63) is 35.4 Å². The maximum atomic E-state index is 12.6. The van der Waals surface area contributed by atoms with E-state index in [9.17, 15) is 13.2 Å². The van der Waals surface area contributed by atoms with Crippen LogP contribution in [-0.4, -0.2) is 51.9 Å². The third-order valence-electron chi connectivity index (χ3n) is 5.19. The number of aromatic nitrogens is 3. The Bertz CT molecular complexity index is 894. The van der Waals surface area contributed by atoms with Crippen LogP contribution in [0, 0.1) is 5.92 Å². The monoisotopic (exact) mass is 423 g/mol. The SMILES string of the molecule is CC[C@H](C)S(=O)(=O)N1CCC(Cc2ncncc2C(=O)Nc2nccs2)CC1. The summed E-state index contributed by atoms with van der Waals surface area (Å²) in [6.45, 7) is 4.68. The van der Waals surface area contributed by atoms with Crippen LogP contribution in [0.3, 0.4) is 0 Å². The summed E-state index contributed by atoms with van der Waals surface area (Å²) in [5, 5.41) is 4.73. The van der Waals surface area contributed by atoms with E-state index in [4.69, 9.17) is 0 Å². The maximum Gasteiger partial charge on any atom is 0.260 e. The Labute approximate surface area is 169 Å². The Morgan fingerprint density at radius 2 is 2.11 bits per heavy atom. The molecule has 152 valence electrons. The molecule has 1 N–H and O–H groups in total. The van der Waals surface area contributed by atoms with Crippen LogP contribution in [0.4, 0.5) is 5.13 Å². The van der Waals surface area contributed by atoms with Gasteiger partial charge >= 0.3 is 0 Å². The molecule has 1 aliphatic heterocycles. The molecule has 3 rings (SSSR count). The summed E-state index contributed by atoms with van der Waals surface area (Å²) in [7, 11) is -3.22. The van der Waals surface area contributed by atoms with Gasteiger partial charge in [-0.1, -0.05) is 6.92 Å². The summed E-state index contributed by atoms with van der Waals surface area (Å²) in [5.41, 5.74) is 1.12. The van der Waals surface area contributed by atoms with Crippen LogP contribution in [0.2, 0.25) is 0 Å². The molecule has 2 aromatic rings. The van der Waals surface area contributed by atoms with Gasteiger partial charge in [0.15, 0.2) is 5.13 Å². The van der Waals surface area contributed by atoms with E-state index in [1.807, 2.05) is 6.92 Å². The first-order valence-corrected chi connectivity index (χ1v) is 11.8. The molecule has 0 bridgehead atoms. The summed E-state index contributed by atoms with van der Waals surface area (Å²) < 4.78 is 26.7. The first-order valence-electron chi connectivity index (χ1n) is 9.40. The molecule has 0 spiro atoms. The second-order valence-corrected chi connectivity index (χ2v) is 10.2. The van der Waals surface area contributed by atoms with Crippen molar-refractivity contribution in [2.75, 3.05) is 18.4 Å². The van der Waals surface area contributed by atoms with Crippen molar-refractivity contribution < 1.29 is 13.2 Å². The molecule has 10 heteroatoms. The molecular formula is C18H25N5O3S2. The van der Waals surface area contributed by atoms with E-state index in [0.29, 0.717) is 42.3 Å². The van der Waals surface area contributed by atoms with Crippen molar-refractivity contribution in [1.29, 1.82) is 0 Å². The second kappa shape index (κ2) is 9.06. The normalized spacial score (nSPS) is 17.4. The molecule has 1 saturated heterocycles. The number of carbonyl (C=O) groups excluding carboxylic acids is 1. The average molecular weight is 424 g/mol. The molecule has 1 fully saturated rings. The first-order chi connectivity index (χ1) is 13.4. The quantitative estimate of drug-likeness (QED) is 0.734. The lowest BCUT2D eigenvalue weighted by Gasteiger charge is -2.32. The highest BCUT2D eigenvalue weighted by atomic mass is 32.2. The van der Waals surface area contributed by atoms with Gasteiger partial charge in [0.1, 0.15) is 6.33 Å². The predicted molar refractivity (Wildman–Crippen MR) is 109 cm³/mol. The topological polar surface area (TPSA) is 105 Å². The van der Waals surface area contributed by atoms with Crippen LogP contribution in [-0.2, 0) is 16.4 Å². The highest BCUT2D eigenvalue weighted by Crippen LogP contribution is 2.26. The highest BCUT2D eigenvalue weighted by molar-refractivity contribution is 7.89. The van der Waals surface area contributed by atoms with Crippen LogP contribution < -0.4 is 5.32 Å². The second-order valence-electron chi connectivity index (χ2n) is 6.98. The van der Waals surface area contributed by atoms with E-state index < -0.39 is 10.0 Å². The lowest BCUT2D eigenvalue weighted by Crippen LogP contribution is -2.42. The van der Waals surface area contributed by atoms with E-state index in [1.165, 1.54) is 23.9 Å². The van der Waals surface area contributed by atoms with Crippen LogP contribution in [0.1, 0.15) is 49.2 Å². The Balaban J connectivity index is 1.63. The molecule has 8 nitrogen and oxygen atoms in total. The number of carbonyl (C=O) groups is 1. The number of nitrogens with one attached hydrogen (secondary N) is 1. The number of thiazole rings is 1. The molecule has 1 atom stereocenters. The minimum atomic E-state index is -3.22. The third kappa shape index (κ3) is 4.73. The molecule has 0 saturated carbocycles. The number of piperidine rings is 1. The molecule has 2 aromatic heterocycles. The number of amides is 1. The summed E-state index contributed by atoms with van der Waals surface area (Å²) in [4.78, 5) is 24.9. The van der Waals surface area contributed by atoms with E-state index in [2.05, 4.69) is 20.3 Å². The smallest absolute Gasteiger partial charge is 0.260 e. The number of rotatable bonds is 7. The van der Waals surface area contributed by atoms with Gasteiger partial charge in [-0.25, -0.2) is 27.7 Å². The van der Waals surface area contributed by atoms with Gasteiger partial charge in [0.2, 0.25) is 10.0 Å². The van der Waals surface area contributed by atoms with Gasteiger partial charge in [0.05, 0.1) is 16.5 Å². The standard InChI is InChI=1S/C18H25N5O3S2/c1-3-13(2)28(25,26)23-7-4-14(5-8-23)10-16-15(11-19-12-21-16)17(24)22-18-20-6-9-27-18/h6,9,11-14H,3-5,7-8,10H2,1-2H3,(H,20,22,24)/t13-/m0/s1. The zero-order valence-corrected chi connectivity index (χ0v) is 17.7. The van der Waals surface area contributed by atoms with Crippen LogP contribution in [0.25, 0.3) is 0 Å². The minimum absolute atomic E-state index is 0.276. The fourth-order valence-corrected chi connectivity index (χ4v) is 5.44. The van der Waals surface area contributed by atoms with E-state index in [0.717, 1.165) is 12.8 Å². The Morgan fingerprint density at radius 3 is 2.75 bits per heavy atom. The first kappa shape index (κ1) is 20.8. The van der Waals surface area contributed by atoms with Gasteiger partial charge in [-0.3, -0.25) is 10.1 Å². The number of sulfonamides is 1. The molecule has 0 aliphatic carbocycles. The Hall–Kier alpha value is -1.91. The van der Waals surface area contributed by atoms with Gasteiger partial charge in [-0.05, 0) is 38.5 Å². The lowest BCUT2D eigenvalue weighted by molar-refractivity contribution is 0.102. The zero-order chi connectivity index (χ0) is 20.1. The van der Waals surface area contributed by atoms with Crippen molar-refractivity contribution in [3.8, 4) is 0 Å². The molecule has 0 radical (unpaired) electrons. The predicted octanol–water partition coefficient (Wildman–Crippen LogP) is 2.57. The zero-order valence-electron chi connectivity index (χ0n) is 16.0. The molecule has 3 heterocycles. The van der Waals surface area contributed by atoms with E-state index in [-0.39, 0.29) is 17.1 Å². The number of anilines is 1. The van der Waals surface area contributed by atoms with Crippen LogP contribution in [0.5, 0.6) is 0 Å². The van der Waals surface area contributed by atoms with Crippen molar-refractivity contribution in [2.45, 2.75) is 44.8 Å². The molecule has 0 unspecified atom stereocenters. The van der Waals surface area contributed by atoms with E-state index in [1.54, 1.807) is 22.8 Å². The van der Waals surface area contributed by atoms with Gasteiger partial charge in [-0.15, -0.1) is 11.3 Å². The maximum absolute atomic E-state index is 12.6. The summed E-state index contributed by atoms with van der Waals surface area (Å²) in [6, 6.07) is 0. The van der Waals surface area contributed by atoms with Crippen molar-refractivity contribution in [3.63, 3.8) is 0 Å². The number of hydrogen-bond donors (Lipinski definition) is 1.